The number of fused-ring (bicyclic) bond motifs is 2. The number of aryl methyl sites for hydroxylation is 1. The minimum Gasteiger partial charge on any atom is -0.478 e. The molecule has 0 amide bonds. The maximum absolute atomic E-state index is 14.0. The molecular formula is C16H15ClFNO2. The third-order valence-electron chi connectivity index (χ3n) is 4.13. The van der Waals surface area contributed by atoms with E-state index in [1.807, 2.05) is 0 Å². The van der Waals surface area contributed by atoms with Crippen molar-refractivity contribution >= 4 is 28.5 Å². The van der Waals surface area contributed by atoms with Crippen LogP contribution < -0.4 is 0 Å². The van der Waals surface area contributed by atoms with Gasteiger partial charge in [-0.2, -0.15) is 0 Å². The number of carboxylic acid groups (broad SMARTS) is 1. The largest absolute Gasteiger partial charge is 0.478 e. The van der Waals surface area contributed by atoms with Gasteiger partial charge in [0.05, 0.1) is 10.6 Å². The summed E-state index contributed by atoms with van der Waals surface area (Å²) in [6.07, 6.45) is 2.17. The van der Waals surface area contributed by atoms with Crippen LogP contribution in [-0.4, -0.2) is 16.1 Å². The van der Waals surface area contributed by atoms with Gasteiger partial charge in [0.25, 0.3) is 0 Å². The van der Waals surface area contributed by atoms with Gasteiger partial charge < -0.3 is 5.11 Å². The second kappa shape index (κ2) is 4.67. The van der Waals surface area contributed by atoms with Gasteiger partial charge in [0.15, 0.2) is 0 Å². The molecule has 0 unspecified atom stereocenters. The van der Waals surface area contributed by atoms with Crippen LogP contribution in [0.15, 0.2) is 12.1 Å². The summed E-state index contributed by atoms with van der Waals surface area (Å²) in [6, 6.07) is 2.61. The number of aromatic nitrogens is 1. The molecule has 3 rings (SSSR count). The second-order valence-corrected chi connectivity index (χ2v) is 6.72. The van der Waals surface area contributed by atoms with E-state index < -0.39 is 11.8 Å². The van der Waals surface area contributed by atoms with Crippen molar-refractivity contribution in [3.05, 3.63) is 39.8 Å². The third kappa shape index (κ3) is 2.27. The standard InChI is InChI=1S/C16H15ClFNO2/c1-16(2)6-5-11-8(7-16)12(15(20)21)13-9(17)3-4-10(18)14(13)19-11/h3-4H,5-7H2,1-2H3,(H,20,21). The first-order valence-corrected chi connectivity index (χ1v) is 7.21. The number of hydrogen-bond donors (Lipinski definition) is 1. The SMILES string of the molecule is CC1(C)CCc2nc3c(F)ccc(Cl)c3c(C(=O)O)c2C1. The number of carboxylic acids is 1. The minimum atomic E-state index is -1.08. The minimum absolute atomic E-state index is 0.00631. The Morgan fingerprint density at radius 1 is 1.43 bits per heavy atom. The number of benzene rings is 1. The van der Waals surface area contributed by atoms with Gasteiger partial charge >= 0.3 is 5.97 Å². The summed E-state index contributed by atoms with van der Waals surface area (Å²) in [4.78, 5) is 16.1. The molecule has 0 spiro atoms. The molecule has 1 N–H and O–H groups in total. The van der Waals surface area contributed by atoms with Crippen molar-refractivity contribution in [2.45, 2.75) is 33.1 Å². The van der Waals surface area contributed by atoms with Crippen molar-refractivity contribution in [3.8, 4) is 0 Å². The normalized spacial score (nSPS) is 16.8. The summed E-state index contributed by atoms with van der Waals surface area (Å²) >= 11 is 6.12. The highest BCUT2D eigenvalue weighted by Crippen LogP contribution is 2.39. The molecule has 0 fully saturated rings. The molecular weight excluding hydrogens is 293 g/mol. The molecule has 2 aromatic rings. The average Bonchev–Trinajstić information content (AvgIpc) is 2.40. The van der Waals surface area contributed by atoms with E-state index in [1.54, 1.807) is 0 Å². The fourth-order valence-electron chi connectivity index (χ4n) is 3.04. The molecule has 1 aromatic heterocycles. The third-order valence-corrected chi connectivity index (χ3v) is 4.45. The van der Waals surface area contributed by atoms with Crippen LogP contribution in [0.25, 0.3) is 10.9 Å². The van der Waals surface area contributed by atoms with Gasteiger partial charge in [0.1, 0.15) is 11.3 Å². The van der Waals surface area contributed by atoms with Crippen molar-refractivity contribution in [2.24, 2.45) is 5.41 Å². The highest BCUT2D eigenvalue weighted by atomic mass is 35.5. The zero-order valence-electron chi connectivity index (χ0n) is 11.8. The van der Waals surface area contributed by atoms with Crippen molar-refractivity contribution in [1.29, 1.82) is 0 Å². The molecule has 1 aliphatic rings. The van der Waals surface area contributed by atoms with Gasteiger partial charge in [0, 0.05) is 11.1 Å². The Morgan fingerprint density at radius 2 is 2.14 bits per heavy atom. The topological polar surface area (TPSA) is 50.2 Å². The van der Waals surface area contributed by atoms with Crippen molar-refractivity contribution in [3.63, 3.8) is 0 Å². The van der Waals surface area contributed by atoms with Gasteiger partial charge in [-0.1, -0.05) is 25.4 Å². The Bertz CT molecular complexity index is 771. The number of halogens is 2. The van der Waals surface area contributed by atoms with Crippen LogP contribution in [0.3, 0.4) is 0 Å². The lowest BCUT2D eigenvalue weighted by molar-refractivity contribution is 0.0696. The van der Waals surface area contributed by atoms with Crippen LogP contribution in [0.4, 0.5) is 4.39 Å². The van der Waals surface area contributed by atoms with Gasteiger partial charge in [-0.05, 0) is 42.4 Å². The fraction of sp³-hybridized carbons (Fsp3) is 0.375. The summed E-state index contributed by atoms with van der Waals surface area (Å²) in [6.45, 7) is 4.19. The molecule has 110 valence electrons. The Balaban J connectivity index is 2.44. The molecule has 0 saturated carbocycles. The second-order valence-electron chi connectivity index (χ2n) is 6.31. The van der Waals surface area contributed by atoms with E-state index in [2.05, 4.69) is 18.8 Å². The van der Waals surface area contributed by atoms with Gasteiger partial charge in [-0.15, -0.1) is 0 Å². The van der Waals surface area contributed by atoms with Crippen LogP contribution in [-0.2, 0) is 12.8 Å². The Hall–Kier alpha value is -1.68. The Kier molecular flexibility index (Phi) is 3.17. The first-order valence-electron chi connectivity index (χ1n) is 6.83. The summed E-state index contributed by atoms with van der Waals surface area (Å²) in [5, 5.41) is 10.0. The summed E-state index contributed by atoms with van der Waals surface area (Å²) in [5.74, 6) is -1.62. The van der Waals surface area contributed by atoms with Gasteiger partial charge in [-0.3, -0.25) is 0 Å². The number of nitrogens with zero attached hydrogens (tertiary/aromatic N) is 1. The number of rotatable bonds is 1. The molecule has 1 aliphatic carbocycles. The summed E-state index contributed by atoms with van der Waals surface area (Å²) in [7, 11) is 0. The fourth-order valence-corrected chi connectivity index (χ4v) is 3.29. The van der Waals surface area contributed by atoms with E-state index in [-0.39, 0.29) is 26.9 Å². The molecule has 0 radical (unpaired) electrons. The summed E-state index contributed by atoms with van der Waals surface area (Å²) in [5.41, 5.74) is 1.54. The lowest BCUT2D eigenvalue weighted by atomic mass is 9.74. The molecule has 0 aliphatic heterocycles. The van der Waals surface area contributed by atoms with E-state index in [9.17, 15) is 14.3 Å². The van der Waals surface area contributed by atoms with Crippen LogP contribution in [0.2, 0.25) is 5.02 Å². The first-order chi connectivity index (χ1) is 9.80. The predicted molar refractivity (Wildman–Crippen MR) is 79.5 cm³/mol. The number of aromatic carboxylic acids is 1. The molecule has 3 nitrogen and oxygen atoms in total. The molecule has 0 saturated heterocycles. The molecule has 0 atom stereocenters. The lowest BCUT2D eigenvalue weighted by Gasteiger charge is -2.32. The first kappa shape index (κ1) is 14.3. The van der Waals surface area contributed by atoms with E-state index in [4.69, 9.17) is 11.6 Å². The zero-order valence-corrected chi connectivity index (χ0v) is 12.6. The molecule has 5 heteroatoms. The maximum Gasteiger partial charge on any atom is 0.336 e. The van der Waals surface area contributed by atoms with E-state index >= 15 is 0 Å². The highest BCUT2D eigenvalue weighted by molar-refractivity contribution is 6.36. The molecule has 1 heterocycles. The van der Waals surface area contributed by atoms with Crippen molar-refractivity contribution < 1.29 is 14.3 Å². The molecule has 21 heavy (non-hydrogen) atoms. The van der Waals surface area contributed by atoms with Gasteiger partial charge in [0.2, 0.25) is 0 Å². The molecule has 1 aromatic carbocycles. The van der Waals surface area contributed by atoms with E-state index in [0.717, 1.165) is 6.42 Å². The van der Waals surface area contributed by atoms with E-state index in [0.29, 0.717) is 24.1 Å². The molecule has 0 bridgehead atoms. The number of pyridine rings is 1. The van der Waals surface area contributed by atoms with Crippen LogP contribution in [0.5, 0.6) is 0 Å². The smallest absolute Gasteiger partial charge is 0.336 e. The summed E-state index contributed by atoms with van der Waals surface area (Å²) < 4.78 is 14.0. The monoisotopic (exact) mass is 307 g/mol. The number of carbonyl (C=O) groups is 1. The average molecular weight is 308 g/mol. The van der Waals surface area contributed by atoms with Crippen molar-refractivity contribution in [1.82, 2.24) is 4.98 Å². The Morgan fingerprint density at radius 3 is 2.81 bits per heavy atom. The lowest BCUT2D eigenvalue weighted by Crippen LogP contribution is -2.25. The van der Waals surface area contributed by atoms with Crippen LogP contribution >= 0.6 is 11.6 Å². The zero-order chi connectivity index (χ0) is 15.4. The maximum atomic E-state index is 14.0. The number of hydrogen-bond acceptors (Lipinski definition) is 2. The predicted octanol–water partition coefficient (Wildman–Crippen LogP) is 4.24. The van der Waals surface area contributed by atoms with Crippen LogP contribution in [0, 0.1) is 11.2 Å². The Labute approximate surface area is 126 Å². The van der Waals surface area contributed by atoms with Crippen molar-refractivity contribution in [2.75, 3.05) is 0 Å². The quantitative estimate of drug-likeness (QED) is 0.857. The van der Waals surface area contributed by atoms with Gasteiger partial charge in [-0.25, -0.2) is 14.2 Å². The van der Waals surface area contributed by atoms with Crippen LogP contribution in [0.1, 0.15) is 41.9 Å². The highest BCUT2D eigenvalue weighted by Gasteiger charge is 2.32. The van der Waals surface area contributed by atoms with E-state index in [1.165, 1.54) is 12.1 Å².